The highest BCUT2D eigenvalue weighted by atomic mass is 19.1. The Hall–Kier alpha value is -0.850. The molecule has 1 heteroatoms. The first-order valence-corrected chi connectivity index (χ1v) is 3.32. The van der Waals surface area contributed by atoms with Gasteiger partial charge in [0.05, 0.1) is 0 Å². The second-order valence-electron chi connectivity index (χ2n) is 2.08. The van der Waals surface area contributed by atoms with Gasteiger partial charge in [0.25, 0.3) is 0 Å². The minimum absolute atomic E-state index is 0.0185. The monoisotopic (exact) mass is 140 g/mol. The minimum atomic E-state index is 0.0185. The zero-order chi connectivity index (χ0) is 7.98. The van der Waals surface area contributed by atoms with Gasteiger partial charge in [0.15, 0.2) is 0 Å². The summed E-state index contributed by atoms with van der Waals surface area (Å²) in [4.78, 5) is 0. The highest BCUT2D eigenvalue weighted by Crippen LogP contribution is 2.16. The van der Waals surface area contributed by atoms with Crippen molar-refractivity contribution in [1.29, 1.82) is 0 Å². The van der Waals surface area contributed by atoms with Crippen LogP contribution in [0.25, 0.3) is 0 Å². The summed E-state index contributed by atoms with van der Waals surface area (Å²) in [5.74, 6) is 0.0185. The molecule has 0 heterocycles. The van der Waals surface area contributed by atoms with Crippen molar-refractivity contribution in [3.63, 3.8) is 0 Å². The molecule has 0 bridgehead atoms. The summed E-state index contributed by atoms with van der Waals surface area (Å²) < 4.78 is 12.3. The average molecular weight is 140 g/mol. The molecule has 0 fully saturated rings. The summed E-state index contributed by atoms with van der Waals surface area (Å²) in [5.41, 5.74) is 1.05. The number of rotatable bonds is 0. The van der Waals surface area contributed by atoms with E-state index in [1.165, 1.54) is 0 Å². The van der Waals surface area contributed by atoms with Gasteiger partial charge >= 0.3 is 0 Å². The van der Waals surface area contributed by atoms with E-state index in [-0.39, 0.29) is 5.83 Å². The molecule has 1 aliphatic carbocycles. The van der Waals surface area contributed by atoms with Gasteiger partial charge in [0.1, 0.15) is 5.83 Å². The Morgan fingerprint density at radius 1 is 1.50 bits per heavy atom. The Morgan fingerprint density at radius 3 is 2.40 bits per heavy atom. The molecular formula is C9H13F. The van der Waals surface area contributed by atoms with Gasteiger partial charge in [-0.05, 0) is 19.4 Å². The van der Waals surface area contributed by atoms with Gasteiger partial charge in [0, 0.05) is 6.42 Å². The highest BCUT2D eigenvalue weighted by molar-refractivity contribution is 5.22. The largest absolute Gasteiger partial charge is 0.212 e. The first-order valence-electron chi connectivity index (χ1n) is 3.32. The first-order chi connectivity index (χ1) is 4.79. The van der Waals surface area contributed by atoms with E-state index < -0.39 is 0 Å². The van der Waals surface area contributed by atoms with Gasteiger partial charge in [0.2, 0.25) is 0 Å². The van der Waals surface area contributed by atoms with E-state index in [2.05, 4.69) is 13.2 Å². The molecule has 0 saturated carbocycles. The van der Waals surface area contributed by atoms with E-state index >= 15 is 0 Å². The van der Waals surface area contributed by atoms with Crippen molar-refractivity contribution in [2.45, 2.75) is 19.8 Å². The van der Waals surface area contributed by atoms with Crippen LogP contribution in [0, 0.1) is 0 Å². The maximum absolute atomic E-state index is 12.3. The van der Waals surface area contributed by atoms with Gasteiger partial charge in [-0.25, -0.2) is 4.39 Å². The topological polar surface area (TPSA) is 0 Å². The number of allylic oxidation sites excluding steroid dienone is 4. The second kappa shape index (κ2) is 4.98. The fourth-order valence-electron chi connectivity index (χ4n) is 0.816. The van der Waals surface area contributed by atoms with Crippen LogP contribution in [-0.4, -0.2) is 0 Å². The number of halogens is 1. The molecule has 1 aliphatic rings. The molecule has 0 unspecified atom stereocenters. The lowest BCUT2D eigenvalue weighted by Gasteiger charge is -2.01. The van der Waals surface area contributed by atoms with E-state index in [0.29, 0.717) is 6.42 Å². The van der Waals surface area contributed by atoms with E-state index in [1.54, 1.807) is 6.08 Å². The summed E-state index contributed by atoms with van der Waals surface area (Å²) in [5, 5.41) is 0. The predicted molar refractivity (Wildman–Crippen MR) is 43.4 cm³/mol. The van der Waals surface area contributed by atoms with Crippen LogP contribution in [0.1, 0.15) is 19.8 Å². The summed E-state index contributed by atoms with van der Waals surface area (Å²) >= 11 is 0. The normalized spacial score (nSPS) is 16.2. The molecule has 0 spiro atoms. The van der Waals surface area contributed by atoms with E-state index in [4.69, 9.17) is 0 Å². The Morgan fingerprint density at radius 2 is 2.10 bits per heavy atom. The first kappa shape index (κ1) is 9.15. The van der Waals surface area contributed by atoms with Crippen LogP contribution in [0.4, 0.5) is 4.39 Å². The van der Waals surface area contributed by atoms with E-state index in [9.17, 15) is 4.39 Å². The molecule has 0 N–H and O–H groups in total. The molecular weight excluding hydrogens is 127 g/mol. The smallest absolute Gasteiger partial charge is 0.100 e. The third-order valence-electron chi connectivity index (χ3n) is 1.23. The standard InChI is InChI=1S/C7H9F.C2H4/c1-6-3-2-4-7(8)5-6;1-2/h3,5H,2,4H2,1H3;1-2H2. The van der Waals surface area contributed by atoms with Crippen molar-refractivity contribution in [2.24, 2.45) is 0 Å². The SMILES string of the molecule is C=C.CC1=CCCC(F)=C1. The van der Waals surface area contributed by atoms with Gasteiger partial charge in [-0.3, -0.25) is 0 Å². The molecule has 0 radical (unpaired) electrons. The summed E-state index contributed by atoms with van der Waals surface area (Å²) in [6.07, 6.45) is 5.10. The van der Waals surface area contributed by atoms with Crippen LogP contribution in [0.5, 0.6) is 0 Å². The van der Waals surface area contributed by atoms with Gasteiger partial charge in [-0.1, -0.05) is 11.6 Å². The average Bonchev–Trinajstić information content (AvgIpc) is 1.91. The third-order valence-corrected chi connectivity index (χ3v) is 1.23. The molecule has 10 heavy (non-hydrogen) atoms. The van der Waals surface area contributed by atoms with Crippen molar-refractivity contribution in [3.05, 3.63) is 36.7 Å². The third kappa shape index (κ3) is 3.23. The molecule has 1 rings (SSSR count). The molecule has 0 atom stereocenters. The van der Waals surface area contributed by atoms with Crippen molar-refractivity contribution in [2.75, 3.05) is 0 Å². The highest BCUT2D eigenvalue weighted by Gasteiger charge is 1.98. The fourth-order valence-corrected chi connectivity index (χ4v) is 0.816. The number of hydrogen-bond donors (Lipinski definition) is 0. The van der Waals surface area contributed by atoms with Crippen LogP contribution in [0.15, 0.2) is 36.7 Å². The summed E-state index contributed by atoms with van der Waals surface area (Å²) in [6.45, 7) is 7.92. The molecule has 0 aliphatic heterocycles. The Labute approximate surface area is 61.8 Å². The van der Waals surface area contributed by atoms with Crippen molar-refractivity contribution >= 4 is 0 Å². The Kier molecular flexibility index (Phi) is 4.55. The second-order valence-corrected chi connectivity index (χ2v) is 2.08. The molecule has 0 aromatic carbocycles. The summed E-state index contributed by atoms with van der Waals surface area (Å²) in [7, 11) is 0. The zero-order valence-corrected chi connectivity index (χ0v) is 6.36. The maximum atomic E-state index is 12.3. The molecule has 0 nitrogen and oxygen atoms in total. The van der Waals surface area contributed by atoms with Crippen LogP contribution < -0.4 is 0 Å². The lowest BCUT2D eigenvalue weighted by Crippen LogP contribution is -1.83. The molecule has 0 saturated heterocycles. The predicted octanol–water partition coefficient (Wildman–Crippen LogP) is 3.38. The Balaban J connectivity index is 0.000000371. The summed E-state index contributed by atoms with van der Waals surface area (Å²) in [6, 6.07) is 0. The van der Waals surface area contributed by atoms with Crippen LogP contribution >= 0.6 is 0 Å². The van der Waals surface area contributed by atoms with Gasteiger partial charge in [-0.2, -0.15) is 0 Å². The molecule has 0 aromatic rings. The quantitative estimate of drug-likeness (QED) is 0.452. The van der Waals surface area contributed by atoms with Crippen LogP contribution in [0.3, 0.4) is 0 Å². The fraction of sp³-hybridized carbons (Fsp3) is 0.333. The van der Waals surface area contributed by atoms with Crippen LogP contribution in [-0.2, 0) is 0 Å². The Bertz CT molecular complexity index is 154. The lowest BCUT2D eigenvalue weighted by atomic mass is 10.1. The molecule has 56 valence electrons. The molecule has 0 amide bonds. The zero-order valence-electron chi connectivity index (χ0n) is 6.36. The maximum Gasteiger partial charge on any atom is 0.100 e. The number of hydrogen-bond acceptors (Lipinski definition) is 0. The van der Waals surface area contributed by atoms with Gasteiger partial charge in [-0.15, -0.1) is 13.2 Å². The minimum Gasteiger partial charge on any atom is -0.212 e. The van der Waals surface area contributed by atoms with E-state index in [1.807, 2.05) is 13.0 Å². The molecule has 0 aromatic heterocycles. The van der Waals surface area contributed by atoms with Crippen molar-refractivity contribution in [1.82, 2.24) is 0 Å². The van der Waals surface area contributed by atoms with Crippen molar-refractivity contribution in [3.8, 4) is 0 Å². The van der Waals surface area contributed by atoms with E-state index in [0.717, 1.165) is 12.0 Å². The van der Waals surface area contributed by atoms with Crippen LogP contribution in [0.2, 0.25) is 0 Å². The van der Waals surface area contributed by atoms with Gasteiger partial charge < -0.3 is 0 Å². The lowest BCUT2D eigenvalue weighted by molar-refractivity contribution is 0.585. The van der Waals surface area contributed by atoms with Crippen molar-refractivity contribution < 1.29 is 4.39 Å².